The lowest BCUT2D eigenvalue weighted by molar-refractivity contribution is -0.140. The summed E-state index contributed by atoms with van der Waals surface area (Å²) in [6, 6.07) is 0.607. The van der Waals surface area contributed by atoms with Gasteiger partial charge in [0.25, 0.3) is 0 Å². The molecule has 2 N–H and O–H groups in total. The Balaban J connectivity index is 1.84. The summed E-state index contributed by atoms with van der Waals surface area (Å²) in [6.07, 6.45) is 5.20. The molecule has 0 unspecified atom stereocenters. The molecule has 0 aromatic carbocycles. The normalized spacial score (nSPS) is 30.6. The summed E-state index contributed by atoms with van der Waals surface area (Å²) in [5, 5.41) is 0. The highest BCUT2D eigenvalue weighted by atomic mass is 16.2. The Morgan fingerprint density at radius 3 is 2.47 bits per heavy atom. The van der Waals surface area contributed by atoms with Gasteiger partial charge in [-0.2, -0.15) is 0 Å². The second-order valence-electron chi connectivity index (χ2n) is 6.28. The Kier molecular flexibility index (Phi) is 5.22. The van der Waals surface area contributed by atoms with Crippen LogP contribution in [0.1, 0.15) is 46.0 Å². The van der Waals surface area contributed by atoms with Crippen LogP contribution in [-0.2, 0) is 4.79 Å². The first kappa shape index (κ1) is 14.8. The van der Waals surface area contributed by atoms with Gasteiger partial charge in [-0.25, -0.2) is 0 Å². The van der Waals surface area contributed by atoms with Gasteiger partial charge in [0.15, 0.2) is 0 Å². The number of nitrogens with zero attached hydrogens (tertiary/aromatic N) is 2. The standard InChI is InChI=1S/C15H29N3O/c1-3-7-17-8-4-13(5-9-17)15(19)18-10-6-14(16)11-12(18)2/h12-14H,3-11,16H2,1-2H3/t12-,14-/m0/s1. The predicted molar refractivity (Wildman–Crippen MR) is 77.8 cm³/mol. The molecular weight excluding hydrogens is 238 g/mol. The fourth-order valence-corrected chi connectivity index (χ4v) is 3.49. The number of piperidine rings is 2. The summed E-state index contributed by atoms with van der Waals surface area (Å²) in [4.78, 5) is 17.2. The second-order valence-corrected chi connectivity index (χ2v) is 6.28. The van der Waals surface area contributed by atoms with Gasteiger partial charge in [-0.15, -0.1) is 0 Å². The van der Waals surface area contributed by atoms with E-state index < -0.39 is 0 Å². The molecule has 4 nitrogen and oxygen atoms in total. The Morgan fingerprint density at radius 1 is 1.21 bits per heavy atom. The van der Waals surface area contributed by atoms with Gasteiger partial charge in [0.1, 0.15) is 0 Å². The number of likely N-dealkylation sites (tertiary alicyclic amines) is 2. The van der Waals surface area contributed by atoms with Gasteiger partial charge in [0.2, 0.25) is 5.91 Å². The third-order valence-corrected chi connectivity index (χ3v) is 4.68. The van der Waals surface area contributed by atoms with E-state index in [-0.39, 0.29) is 12.0 Å². The fraction of sp³-hybridized carbons (Fsp3) is 0.933. The van der Waals surface area contributed by atoms with E-state index in [0.29, 0.717) is 11.9 Å². The summed E-state index contributed by atoms with van der Waals surface area (Å²) in [5.41, 5.74) is 5.97. The third-order valence-electron chi connectivity index (χ3n) is 4.68. The highest BCUT2D eigenvalue weighted by molar-refractivity contribution is 5.79. The number of carbonyl (C=O) groups is 1. The van der Waals surface area contributed by atoms with Crippen molar-refractivity contribution in [3.63, 3.8) is 0 Å². The smallest absolute Gasteiger partial charge is 0.226 e. The lowest BCUT2D eigenvalue weighted by Gasteiger charge is -2.40. The molecule has 2 atom stereocenters. The minimum atomic E-state index is 0.255. The maximum absolute atomic E-state index is 12.6. The molecule has 1 amide bonds. The van der Waals surface area contributed by atoms with E-state index in [1.165, 1.54) is 13.0 Å². The van der Waals surface area contributed by atoms with Crippen LogP contribution in [0.15, 0.2) is 0 Å². The van der Waals surface area contributed by atoms with Gasteiger partial charge in [0.05, 0.1) is 0 Å². The maximum Gasteiger partial charge on any atom is 0.226 e. The molecule has 2 aliphatic rings. The molecule has 0 bridgehead atoms. The predicted octanol–water partition coefficient (Wildman–Crippen LogP) is 1.45. The fourth-order valence-electron chi connectivity index (χ4n) is 3.49. The van der Waals surface area contributed by atoms with Crippen LogP contribution in [0, 0.1) is 5.92 Å². The molecule has 0 aliphatic carbocycles. The Labute approximate surface area is 117 Å². The van der Waals surface area contributed by atoms with Crippen molar-refractivity contribution in [3.8, 4) is 0 Å². The van der Waals surface area contributed by atoms with Crippen molar-refractivity contribution in [1.82, 2.24) is 9.80 Å². The first-order chi connectivity index (χ1) is 9.11. The molecule has 0 saturated carbocycles. The second kappa shape index (κ2) is 6.71. The molecule has 0 spiro atoms. The van der Waals surface area contributed by atoms with Gasteiger partial charge in [-0.05, 0) is 58.7 Å². The SMILES string of the molecule is CCCN1CCC(C(=O)N2CC[C@H](N)C[C@@H]2C)CC1. The van der Waals surface area contributed by atoms with Gasteiger partial charge in [-0.1, -0.05) is 6.92 Å². The van der Waals surface area contributed by atoms with E-state index in [9.17, 15) is 4.79 Å². The molecule has 2 heterocycles. The highest BCUT2D eigenvalue weighted by Crippen LogP contribution is 2.24. The number of carbonyl (C=O) groups excluding carboxylic acids is 1. The van der Waals surface area contributed by atoms with E-state index in [1.807, 2.05) is 0 Å². The zero-order chi connectivity index (χ0) is 13.8. The molecule has 4 heteroatoms. The van der Waals surface area contributed by atoms with E-state index in [0.717, 1.165) is 45.3 Å². The maximum atomic E-state index is 12.6. The highest BCUT2D eigenvalue weighted by Gasteiger charge is 2.33. The van der Waals surface area contributed by atoms with Gasteiger partial charge >= 0.3 is 0 Å². The van der Waals surface area contributed by atoms with E-state index >= 15 is 0 Å². The van der Waals surface area contributed by atoms with Crippen LogP contribution >= 0.6 is 0 Å². The van der Waals surface area contributed by atoms with Crippen LogP contribution in [0.5, 0.6) is 0 Å². The van der Waals surface area contributed by atoms with Crippen LogP contribution in [-0.4, -0.2) is 54.0 Å². The Morgan fingerprint density at radius 2 is 1.89 bits per heavy atom. The Hall–Kier alpha value is -0.610. The Bertz CT molecular complexity index is 300. The first-order valence-corrected chi connectivity index (χ1v) is 7.90. The van der Waals surface area contributed by atoms with Crippen molar-refractivity contribution in [2.24, 2.45) is 11.7 Å². The number of nitrogens with two attached hydrogens (primary N) is 1. The quantitative estimate of drug-likeness (QED) is 0.842. The van der Waals surface area contributed by atoms with Crippen LogP contribution in [0.3, 0.4) is 0 Å². The summed E-state index contributed by atoms with van der Waals surface area (Å²) in [7, 11) is 0. The molecular formula is C15H29N3O. The molecule has 110 valence electrons. The van der Waals surface area contributed by atoms with Crippen LogP contribution in [0.4, 0.5) is 0 Å². The molecule has 2 saturated heterocycles. The van der Waals surface area contributed by atoms with Crippen LogP contribution in [0.25, 0.3) is 0 Å². The minimum Gasteiger partial charge on any atom is -0.340 e. The van der Waals surface area contributed by atoms with Gasteiger partial charge in [-0.3, -0.25) is 4.79 Å². The first-order valence-electron chi connectivity index (χ1n) is 7.90. The zero-order valence-electron chi connectivity index (χ0n) is 12.5. The summed E-state index contributed by atoms with van der Waals surface area (Å²) >= 11 is 0. The minimum absolute atomic E-state index is 0.255. The molecule has 2 fully saturated rings. The summed E-state index contributed by atoms with van der Waals surface area (Å²) < 4.78 is 0. The van der Waals surface area contributed by atoms with Crippen molar-refractivity contribution in [3.05, 3.63) is 0 Å². The molecule has 2 aliphatic heterocycles. The molecule has 0 aromatic heterocycles. The lowest BCUT2D eigenvalue weighted by atomic mass is 9.92. The van der Waals surface area contributed by atoms with E-state index in [2.05, 4.69) is 23.6 Å². The summed E-state index contributed by atoms with van der Waals surface area (Å²) in [5.74, 6) is 0.639. The monoisotopic (exact) mass is 267 g/mol. The average Bonchev–Trinajstić information content (AvgIpc) is 2.39. The zero-order valence-corrected chi connectivity index (χ0v) is 12.5. The van der Waals surface area contributed by atoms with Crippen molar-refractivity contribution in [2.75, 3.05) is 26.2 Å². The number of hydrogen-bond acceptors (Lipinski definition) is 3. The van der Waals surface area contributed by atoms with Gasteiger partial charge < -0.3 is 15.5 Å². The van der Waals surface area contributed by atoms with Gasteiger partial charge in [0, 0.05) is 24.5 Å². The summed E-state index contributed by atoms with van der Waals surface area (Å²) in [6.45, 7) is 8.57. The molecule has 0 aromatic rings. The number of hydrogen-bond donors (Lipinski definition) is 1. The number of rotatable bonds is 3. The van der Waals surface area contributed by atoms with Crippen molar-refractivity contribution >= 4 is 5.91 Å². The van der Waals surface area contributed by atoms with Crippen molar-refractivity contribution < 1.29 is 4.79 Å². The van der Waals surface area contributed by atoms with Crippen molar-refractivity contribution in [1.29, 1.82) is 0 Å². The van der Waals surface area contributed by atoms with E-state index in [1.54, 1.807) is 0 Å². The third kappa shape index (κ3) is 3.69. The average molecular weight is 267 g/mol. The number of amides is 1. The van der Waals surface area contributed by atoms with Crippen LogP contribution in [0.2, 0.25) is 0 Å². The largest absolute Gasteiger partial charge is 0.340 e. The van der Waals surface area contributed by atoms with E-state index in [4.69, 9.17) is 5.73 Å². The molecule has 19 heavy (non-hydrogen) atoms. The lowest BCUT2D eigenvalue weighted by Crippen LogP contribution is -2.51. The van der Waals surface area contributed by atoms with Crippen LogP contribution < -0.4 is 5.73 Å². The molecule has 2 rings (SSSR count). The molecule has 0 radical (unpaired) electrons. The van der Waals surface area contributed by atoms with Crippen molar-refractivity contribution in [2.45, 2.75) is 58.0 Å². The topological polar surface area (TPSA) is 49.6 Å².